The summed E-state index contributed by atoms with van der Waals surface area (Å²) < 4.78 is 32.4. The Balaban J connectivity index is 2.04. The average molecular weight is 445 g/mol. The van der Waals surface area contributed by atoms with Gasteiger partial charge in [0.1, 0.15) is 0 Å². The van der Waals surface area contributed by atoms with E-state index >= 15 is 0 Å². The molecule has 1 aliphatic heterocycles. The highest BCUT2D eigenvalue weighted by Gasteiger charge is 2.32. The molecule has 0 saturated heterocycles. The zero-order chi connectivity index (χ0) is 15.7. The number of para-hydroxylation sites is 1. The Hall–Kier alpha value is -1.18. The molecule has 22 heavy (non-hydrogen) atoms. The van der Waals surface area contributed by atoms with Crippen molar-refractivity contribution in [1.29, 1.82) is 0 Å². The van der Waals surface area contributed by atoms with Crippen LogP contribution in [0.4, 0.5) is 0 Å². The van der Waals surface area contributed by atoms with Crippen LogP contribution in [0.2, 0.25) is 0 Å². The van der Waals surface area contributed by atoms with Crippen molar-refractivity contribution in [1.82, 2.24) is 0 Å². The molecule has 2 aromatic carbocycles. The van der Waals surface area contributed by atoms with E-state index in [1.54, 1.807) is 18.2 Å². The highest BCUT2D eigenvalue weighted by molar-refractivity contribution is 9.12. The molecule has 0 fully saturated rings. The number of fused-ring (bicyclic) bond motifs is 1. The predicted molar refractivity (Wildman–Crippen MR) is 93.4 cm³/mol. The Labute approximate surface area is 145 Å². The number of alkyl halides is 2. The van der Waals surface area contributed by atoms with E-state index < -0.39 is 10.3 Å². The Bertz CT molecular complexity index is 822. The molecule has 0 saturated carbocycles. The van der Waals surface area contributed by atoms with Gasteiger partial charge in [0.15, 0.2) is 5.75 Å². The number of rotatable bonds is 3. The van der Waals surface area contributed by atoms with E-state index in [2.05, 4.69) is 36.3 Å². The van der Waals surface area contributed by atoms with E-state index in [1.165, 1.54) is 0 Å². The molecular weight excluding hydrogens is 434 g/mol. The van der Waals surface area contributed by atoms with Gasteiger partial charge in [-0.2, -0.15) is 8.42 Å². The van der Waals surface area contributed by atoms with Gasteiger partial charge in [0.05, 0.1) is 15.4 Å². The minimum Gasteiger partial charge on any atom is -0.365 e. The smallest absolute Gasteiger partial charge is 0.365 e. The minimum atomic E-state index is -3.97. The topological polar surface area (TPSA) is 55.7 Å². The zero-order valence-corrected chi connectivity index (χ0v) is 15.2. The highest BCUT2D eigenvalue weighted by Crippen LogP contribution is 2.37. The second-order valence-corrected chi connectivity index (χ2v) is 7.88. The molecule has 1 heterocycles. The van der Waals surface area contributed by atoms with Gasteiger partial charge in [0, 0.05) is 5.56 Å². The average Bonchev–Trinajstić information content (AvgIpc) is 2.52. The fourth-order valence-electron chi connectivity index (χ4n) is 2.20. The molecule has 2 atom stereocenters. The Morgan fingerprint density at radius 3 is 2.27 bits per heavy atom. The van der Waals surface area contributed by atoms with Crippen LogP contribution in [-0.2, 0) is 10.3 Å². The van der Waals surface area contributed by atoms with Crippen LogP contribution in [-0.4, -0.2) is 19.0 Å². The molecule has 2 aromatic rings. The SMILES string of the molecule is O=S1(=O)N=C(C(Br)C(Br)c2ccccc2)c2ccccc2O1. The van der Waals surface area contributed by atoms with Crippen molar-refractivity contribution in [3.63, 3.8) is 0 Å². The molecule has 4 nitrogen and oxygen atoms in total. The van der Waals surface area contributed by atoms with Crippen LogP contribution >= 0.6 is 31.9 Å². The molecule has 7 heteroatoms. The van der Waals surface area contributed by atoms with Crippen LogP contribution in [0, 0.1) is 0 Å². The molecule has 0 radical (unpaired) electrons. The zero-order valence-electron chi connectivity index (χ0n) is 11.2. The van der Waals surface area contributed by atoms with Crippen LogP contribution in [0.25, 0.3) is 0 Å². The summed E-state index contributed by atoms with van der Waals surface area (Å²) in [5.74, 6) is 0.296. The minimum absolute atomic E-state index is 0.131. The maximum Gasteiger partial charge on any atom is 0.428 e. The predicted octanol–water partition coefficient (Wildman–Crippen LogP) is 4.01. The van der Waals surface area contributed by atoms with Crippen LogP contribution in [0.5, 0.6) is 5.75 Å². The van der Waals surface area contributed by atoms with Crippen LogP contribution < -0.4 is 4.18 Å². The van der Waals surface area contributed by atoms with Gasteiger partial charge >= 0.3 is 10.3 Å². The molecule has 0 N–H and O–H groups in total. The van der Waals surface area contributed by atoms with Crippen molar-refractivity contribution < 1.29 is 12.6 Å². The molecule has 2 unspecified atom stereocenters. The molecule has 0 spiro atoms. The molecule has 1 aliphatic rings. The lowest BCUT2D eigenvalue weighted by Gasteiger charge is -2.23. The van der Waals surface area contributed by atoms with E-state index in [1.807, 2.05) is 36.4 Å². The van der Waals surface area contributed by atoms with Crippen LogP contribution in [0.1, 0.15) is 16.0 Å². The molecular formula is C15H11Br2NO3S. The number of benzene rings is 2. The Morgan fingerprint density at radius 2 is 1.55 bits per heavy atom. The lowest BCUT2D eigenvalue weighted by molar-refractivity contribution is 0.484. The van der Waals surface area contributed by atoms with Gasteiger partial charge in [-0.05, 0) is 17.7 Å². The first-order valence-electron chi connectivity index (χ1n) is 6.45. The number of hydrogen-bond acceptors (Lipinski definition) is 3. The van der Waals surface area contributed by atoms with Crippen LogP contribution in [0.3, 0.4) is 0 Å². The largest absolute Gasteiger partial charge is 0.428 e. The molecule has 3 rings (SSSR count). The monoisotopic (exact) mass is 443 g/mol. The van der Waals surface area contributed by atoms with E-state index in [0.717, 1.165) is 5.56 Å². The molecule has 0 amide bonds. The van der Waals surface area contributed by atoms with Crippen molar-refractivity contribution in [3.05, 3.63) is 65.7 Å². The maximum atomic E-state index is 11.8. The van der Waals surface area contributed by atoms with Crippen molar-refractivity contribution in [3.8, 4) is 5.75 Å². The Kier molecular flexibility index (Phi) is 4.38. The molecule has 0 bridgehead atoms. The lowest BCUT2D eigenvalue weighted by atomic mass is 10.0. The fourth-order valence-corrected chi connectivity index (χ4v) is 4.40. The maximum absolute atomic E-state index is 11.8. The van der Waals surface area contributed by atoms with Crippen molar-refractivity contribution >= 4 is 47.9 Å². The first-order valence-corrected chi connectivity index (χ1v) is 9.64. The summed E-state index contributed by atoms with van der Waals surface area (Å²) in [4.78, 5) is -0.455. The third kappa shape index (κ3) is 3.11. The summed E-state index contributed by atoms with van der Waals surface area (Å²) >= 11 is 7.18. The summed E-state index contributed by atoms with van der Waals surface area (Å²) in [5, 5.41) is 0. The van der Waals surface area contributed by atoms with Gasteiger partial charge in [-0.3, -0.25) is 0 Å². The van der Waals surface area contributed by atoms with E-state index in [4.69, 9.17) is 4.18 Å². The fraction of sp³-hybridized carbons (Fsp3) is 0.133. The van der Waals surface area contributed by atoms with E-state index in [0.29, 0.717) is 17.0 Å². The van der Waals surface area contributed by atoms with Gasteiger partial charge in [0.2, 0.25) is 0 Å². The normalized spacial score (nSPS) is 18.5. The Morgan fingerprint density at radius 1 is 0.909 bits per heavy atom. The van der Waals surface area contributed by atoms with Crippen molar-refractivity contribution in [2.24, 2.45) is 4.40 Å². The summed E-state index contributed by atoms with van der Waals surface area (Å²) in [6, 6.07) is 16.7. The number of nitrogens with zero attached hydrogens (tertiary/aromatic N) is 1. The van der Waals surface area contributed by atoms with E-state index in [-0.39, 0.29) is 9.65 Å². The first kappa shape index (κ1) is 15.7. The lowest BCUT2D eigenvalue weighted by Crippen LogP contribution is -2.27. The second-order valence-electron chi connectivity index (χ2n) is 4.70. The summed E-state index contributed by atoms with van der Waals surface area (Å²) in [6.07, 6.45) is 0. The summed E-state index contributed by atoms with van der Waals surface area (Å²) in [6.45, 7) is 0. The standard InChI is InChI=1S/C15H11Br2NO3S/c16-13(10-6-2-1-3-7-10)14(17)15-11-8-4-5-9-12(11)21-22(19,20)18-15/h1-9,13-14H. The van der Waals surface area contributed by atoms with Gasteiger partial charge in [-0.1, -0.05) is 74.3 Å². The molecule has 114 valence electrons. The van der Waals surface area contributed by atoms with Gasteiger partial charge in [-0.25, -0.2) is 0 Å². The highest BCUT2D eigenvalue weighted by atomic mass is 79.9. The van der Waals surface area contributed by atoms with Gasteiger partial charge in [0.25, 0.3) is 0 Å². The number of hydrogen-bond donors (Lipinski definition) is 0. The van der Waals surface area contributed by atoms with Gasteiger partial charge in [-0.15, -0.1) is 4.40 Å². The first-order chi connectivity index (χ1) is 10.5. The van der Waals surface area contributed by atoms with Crippen molar-refractivity contribution in [2.75, 3.05) is 0 Å². The number of halogens is 2. The molecule has 0 aromatic heterocycles. The van der Waals surface area contributed by atoms with E-state index in [9.17, 15) is 8.42 Å². The molecule has 0 aliphatic carbocycles. The summed E-state index contributed by atoms with van der Waals surface area (Å²) in [5.41, 5.74) is 2.11. The quantitative estimate of drug-likeness (QED) is 0.672. The third-order valence-corrected chi connectivity index (χ3v) is 6.74. The van der Waals surface area contributed by atoms with Crippen molar-refractivity contribution in [2.45, 2.75) is 9.65 Å². The third-order valence-electron chi connectivity index (χ3n) is 3.20. The summed E-state index contributed by atoms with van der Waals surface area (Å²) in [7, 11) is -3.97. The second kappa shape index (κ2) is 6.14. The van der Waals surface area contributed by atoms with Crippen LogP contribution in [0.15, 0.2) is 59.0 Å². The van der Waals surface area contributed by atoms with Gasteiger partial charge < -0.3 is 4.18 Å².